The summed E-state index contributed by atoms with van der Waals surface area (Å²) in [6.07, 6.45) is 1.62. The molecule has 144 valence electrons. The van der Waals surface area contributed by atoms with Gasteiger partial charge in [0.05, 0.1) is 0 Å². The number of anilines is 4. The number of aryl methyl sites for hydroxylation is 1. The molecule has 1 amide bonds. The maximum atomic E-state index is 12.1. The highest BCUT2D eigenvalue weighted by molar-refractivity contribution is 5.95. The lowest BCUT2D eigenvalue weighted by Crippen LogP contribution is -2.28. The first kappa shape index (κ1) is 19.1. The van der Waals surface area contributed by atoms with Crippen LogP contribution in [0.25, 0.3) is 0 Å². The lowest BCUT2D eigenvalue weighted by atomic mass is 10.2. The van der Waals surface area contributed by atoms with Crippen molar-refractivity contribution in [2.75, 3.05) is 23.7 Å². The molecule has 0 saturated carbocycles. The number of benzene rings is 2. The molecule has 0 bridgehead atoms. The van der Waals surface area contributed by atoms with E-state index < -0.39 is 0 Å². The highest BCUT2D eigenvalue weighted by Gasteiger charge is 2.07. The number of phenolic OH excluding ortho intramolecular Hbond substituents is 1. The van der Waals surface area contributed by atoms with Crippen molar-refractivity contribution in [2.24, 2.45) is 5.73 Å². The summed E-state index contributed by atoms with van der Waals surface area (Å²) in [7, 11) is 0. The average molecular weight is 378 g/mol. The van der Waals surface area contributed by atoms with Crippen molar-refractivity contribution in [1.29, 1.82) is 0 Å². The quantitative estimate of drug-likeness (QED) is 0.428. The zero-order chi connectivity index (χ0) is 19.9. The van der Waals surface area contributed by atoms with Gasteiger partial charge in [-0.15, -0.1) is 0 Å². The van der Waals surface area contributed by atoms with Crippen molar-refractivity contribution in [3.63, 3.8) is 0 Å². The predicted molar refractivity (Wildman–Crippen MR) is 109 cm³/mol. The van der Waals surface area contributed by atoms with Gasteiger partial charge in [-0.25, -0.2) is 4.98 Å². The minimum atomic E-state index is -0.190. The Labute approximate surface area is 162 Å². The number of aromatic nitrogens is 2. The number of carbonyl (C=O) groups is 1. The van der Waals surface area contributed by atoms with E-state index in [4.69, 9.17) is 5.73 Å². The molecular formula is C20H22N6O2. The first-order valence-electron chi connectivity index (χ1n) is 8.80. The number of amides is 1. The van der Waals surface area contributed by atoms with Crippen LogP contribution in [0.3, 0.4) is 0 Å². The number of nitrogens with zero attached hydrogens (tertiary/aromatic N) is 2. The molecule has 0 radical (unpaired) electrons. The molecule has 28 heavy (non-hydrogen) atoms. The summed E-state index contributed by atoms with van der Waals surface area (Å²) in [6.45, 7) is 2.74. The summed E-state index contributed by atoms with van der Waals surface area (Å²) in [5.41, 5.74) is 8.34. The highest BCUT2D eigenvalue weighted by atomic mass is 16.3. The molecule has 3 rings (SSSR count). The third-order valence-electron chi connectivity index (χ3n) is 3.95. The molecule has 1 aromatic heterocycles. The number of phenols is 1. The zero-order valence-electron chi connectivity index (χ0n) is 15.4. The van der Waals surface area contributed by atoms with Gasteiger partial charge < -0.3 is 26.8 Å². The fourth-order valence-electron chi connectivity index (χ4n) is 2.53. The standard InChI is InChI=1S/C20H22N6O2/c1-13-5-6-16(27)12-17(13)25-18-7-9-23-20(26-18)24-15-4-2-3-14(11-15)19(28)22-10-8-21/h2-7,9,11-12,27H,8,10,21H2,1H3,(H,22,28)(H2,23,24,25,26). The number of carbonyl (C=O) groups excluding carboxylic acids is 1. The summed E-state index contributed by atoms with van der Waals surface area (Å²) in [5.74, 6) is 0.931. The summed E-state index contributed by atoms with van der Waals surface area (Å²) < 4.78 is 0. The van der Waals surface area contributed by atoms with Crippen molar-refractivity contribution < 1.29 is 9.90 Å². The van der Waals surface area contributed by atoms with Crippen LogP contribution in [0.2, 0.25) is 0 Å². The fraction of sp³-hybridized carbons (Fsp3) is 0.150. The third-order valence-corrected chi connectivity index (χ3v) is 3.95. The van der Waals surface area contributed by atoms with Crippen LogP contribution in [0.4, 0.5) is 23.1 Å². The molecule has 0 saturated heterocycles. The van der Waals surface area contributed by atoms with E-state index >= 15 is 0 Å². The van der Waals surface area contributed by atoms with E-state index in [-0.39, 0.29) is 11.7 Å². The van der Waals surface area contributed by atoms with Crippen LogP contribution < -0.4 is 21.7 Å². The molecule has 0 aliphatic carbocycles. The molecule has 6 N–H and O–H groups in total. The first-order chi connectivity index (χ1) is 13.5. The molecule has 0 atom stereocenters. The zero-order valence-corrected chi connectivity index (χ0v) is 15.4. The van der Waals surface area contributed by atoms with Crippen molar-refractivity contribution in [3.05, 3.63) is 65.9 Å². The van der Waals surface area contributed by atoms with Crippen molar-refractivity contribution in [1.82, 2.24) is 15.3 Å². The van der Waals surface area contributed by atoms with Crippen molar-refractivity contribution >= 4 is 29.0 Å². The smallest absolute Gasteiger partial charge is 0.251 e. The summed E-state index contributed by atoms with van der Waals surface area (Å²) in [4.78, 5) is 20.7. The van der Waals surface area contributed by atoms with Gasteiger partial charge in [-0.2, -0.15) is 4.98 Å². The molecule has 3 aromatic rings. The Morgan fingerprint density at radius 2 is 2.00 bits per heavy atom. The second-order valence-corrected chi connectivity index (χ2v) is 6.14. The summed E-state index contributed by atoms with van der Waals surface area (Å²) in [6, 6.07) is 13.8. The molecule has 1 heterocycles. The number of nitrogens with one attached hydrogen (secondary N) is 3. The van der Waals surface area contributed by atoms with Crippen LogP contribution in [-0.2, 0) is 0 Å². The molecule has 0 fully saturated rings. The van der Waals surface area contributed by atoms with Crippen molar-refractivity contribution in [2.45, 2.75) is 6.92 Å². The summed E-state index contributed by atoms with van der Waals surface area (Å²) >= 11 is 0. The second kappa shape index (κ2) is 8.83. The largest absolute Gasteiger partial charge is 0.508 e. The minimum Gasteiger partial charge on any atom is -0.508 e. The van der Waals surface area contributed by atoms with Crippen LogP contribution in [0.15, 0.2) is 54.7 Å². The Hall–Kier alpha value is -3.65. The van der Waals surface area contributed by atoms with Gasteiger partial charge in [0.25, 0.3) is 5.91 Å². The van der Waals surface area contributed by atoms with Gasteiger partial charge in [0, 0.05) is 42.3 Å². The highest BCUT2D eigenvalue weighted by Crippen LogP contribution is 2.24. The Balaban J connectivity index is 1.74. The van der Waals surface area contributed by atoms with Crippen molar-refractivity contribution in [3.8, 4) is 5.75 Å². The van der Waals surface area contributed by atoms with Gasteiger partial charge in [-0.3, -0.25) is 4.79 Å². The molecule has 0 spiro atoms. The molecule has 8 heteroatoms. The fourth-order valence-corrected chi connectivity index (χ4v) is 2.53. The topological polar surface area (TPSA) is 125 Å². The Bertz CT molecular complexity index is 976. The Morgan fingerprint density at radius 1 is 1.14 bits per heavy atom. The normalized spacial score (nSPS) is 10.4. The van der Waals surface area contributed by atoms with E-state index in [1.54, 1.807) is 42.6 Å². The van der Waals surface area contributed by atoms with Crippen LogP contribution in [0.1, 0.15) is 15.9 Å². The second-order valence-electron chi connectivity index (χ2n) is 6.14. The monoisotopic (exact) mass is 378 g/mol. The third kappa shape index (κ3) is 4.95. The van der Waals surface area contributed by atoms with Crippen LogP contribution in [0, 0.1) is 6.92 Å². The minimum absolute atomic E-state index is 0.172. The summed E-state index contributed by atoms with van der Waals surface area (Å²) in [5, 5.41) is 18.7. The van der Waals surface area contributed by atoms with Crippen LogP contribution in [0.5, 0.6) is 5.75 Å². The number of hydrogen-bond donors (Lipinski definition) is 5. The van der Waals surface area contributed by atoms with Gasteiger partial charge in [0.2, 0.25) is 5.95 Å². The molecular weight excluding hydrogens is 356 g/mol. The number of aromatic hydroxyl groups is 1. The molecule has 8 nitrogen and oxygen atoms in total. The SMILES string of the molecule is Cc1ccc(O)cc1Nc1ccnc(Nc2cccc(C(=O)NCCN)c2)n1. The average Bonchev–Trinajstić information content (AvgIpc) is 2.69. The van der Waals surface area contributed by atoms with Gasteiger partial charge in [-0.1, -0.05) is 12.1 Å². The predicted octanol–water partition coefficient (Wildman–Crippen LogP) is 2.67. The van der Waals surface area contributed by atoms with E-state index in [0.29, 0.717) is 36.1 Å². The lowest BCUT2D eigenvalue weighted by Gasteiger charge is -2.11. The molecule has 0 unspecified atom stereocenters. The van der Waals surface area contributed by atoms with Gasteiger partial charge in [0.1, 0.15) is 11.6 Å². The van der Waals surface area contributed by atoms with E-state index in [1.165, 1.54) is 0 Å². The van der Waals surface area contributed by atoms with Gasteiger partial charge in [-0.05, 0) is 42.8 Å². The first-order valence-corrected chi connectivity index (χ1v) is 8.80. The molecule has 0 aliphatic heterocycles. The number of rotatable bonds is 7. The number of nitrogens with two attached hydrogens (primary N) is 1. The van der Waals surface area contributed by atoms with E-state index in [2.05, 4.69) is 25.9 Å². The van der Waals surface area contributed by atoms with E-state index in [0.717, 1.165) is 11.3 Å². The maximum Gasteiger partial charge on any atom is 0.251 e. The molecule has 2 aromatic carbocycles. The molecule has 0 aliphatic rings. The lowest BCUT2D eigenvalue weighted by molar-refractivity contribution is 0.0955. The van der Waals surface area contributed by atoms with Gasteiger partial charge >= 0.3 is 0 Å². The van der Waals surface area contributed by atoms with Crippen LogP contribution in [-0.4, -0.2) is 34.1 Å². The van der Waals surface area contributed by atoms with E-state index in [9.17, 15) is 9.90 Å². The van der Waals surface area contributed by atoms with Crippen LogP contribution >= 0.6 is 0 Å². The maximum absolute atomic E-state index is 12.1. The Morgan fingerprint density at radius 3 is 2.82 bits per heavy atom. The number of hydrogen-bond acceptors (Lipinski definition) is 7. The van der Waals surface area contributed by atoms with Gasteiger partial charge in [0.15, 0.2) is 0 Å². The van der Waals surface area contributed by atoms with E-state index in [1.807, 2.05) is 19.1 Å². The Kier molecular flexibility index (Phi) is 6.03.